The van der Waals surface area contributed by atoms with Crippen LogP contribution in [0.3, 0.4) is 0 Å². The van der Waals surface area contributed by atoms with E-state index in [1.807, 2.05) is 0 Å². The minimum atomic E-state index is -1.10. The predicted molar refractivity (Wildman–Crippen MR) is 41.6 cm³/mol. The number of hydrogen-bond donors (Lipinski definition) is 1. The minimum absolute atomic E-state index is 0. The van der Waals surface area contributed by atoms with Crippen LogP contribution in [0.15, 0.2) is 10.9 Å². The Labute approximate surface area is 110 Å². The third kappa shape index (κ3) is 3.95. The summed E-state index contributed by atoms with van der Waals surface area (Å²) in [5, 5.41) is 10.1. The molecule has 2 N–H and O–H groups in total. The first-order chi connectivity index (χ1) is 5.20. The van der Waals surface area contributed by atoms with Crippen LogP contribution >= 0.6 is 11.3 Å². The maximum absolute atomic E-state index is 10.2. The Morgan fingerprint density at radius 1 is 1.83 bits per heavy atom. The molecule has 0 aliphatic heterocycles. The van der Waals surface area contributed by atoms with Gasteiger partial charge in [0.05, 0.1) is 11.2 Å². The summed E-state index contributed by atoms with van der Waals surface area (Å²) in [5.41, 5.74) is 9.38. The zero-order chi connectivity index (χ0) is 8.27. The molecule has 12 heavy (non-hydrogen) atoms. The summed E-state index contributed by atoms with van der Waals surface area (Å²) >= 11 is 1.41. The summed E-state index contributed by atoms with van der Waals surface area (Å²) in [4.78, 5) is 14.1. The second-order valence-corrected chi connectivity index (χ2v) is 2.79. The largest absolute Gasteiger partial charge is 0.665 e. The number of carboxylic acids is 1. The van der Waals surface area contributed by atoms with Crippen LogP contribution in [-0.4, -0.2) is 22.1 Å². The molecule has 1 radical (unpaired) electrons. The van der Waals surface area contributed by atoms with Crippen molar-refractivity contribution in [2.45, 2.75) is 12.5 Å². The van der Waals surface area contributed by atoms with E-state index in [9.17, 15) is 4.79 Å². The molecule has 4 nitrogen and oxygen atoms in total. The van der Waals surface area contributed by atoms with Crippen molar-refractivity contribution in [2.24, 2.45) is 0 Å². The third-order valence-corrected chi connectivity index (χ3v) is 1.83. The number of nitrogens with zero attached hydrogens (tertiary/aromatic N) is 1. The summed E-state index contributed by atoms with van der Waals surface area (Å²) in [6.45, 7) is 0. The number of rotatable bonds is 3. The first-order valence-corrected chi connectivity index (χ1v) is 3.95. The van der Waals surface area contributed by atoms with Crippen molar-refractivity contribution in [2.75, 3.05) is 0 Å². The average molecular weight is 398 g/mol. The molecule has 0 aromatic carbocycles. The fraction of sp³-hybridized carbons (Fsp3) is 0.333. The van der Waals surface area contributed by atoms with Crippen LogP contribution in [0.25, 0.3) is 5.73 Å². The van der Waals surface area contributed by atoms with Crippen molar-refractivity contribution in [1.82, 2.24) is 4.98 Å². The van der Waals surface area contributed by atoms with Gasteiger partial charge in [0.25, 0.3) is 5.97 Å². The summed E-state index contributed by atoms with van der Waals surface area (Å²) in [6, 6.07) is -1.09. The zero-order valence-electron chi connectivity index (χ0n) is 6.23. The molecule has 0 fully saturated rings. The number of nitrogens with one attached hydrogen (secondary N) is 1. The number of carboxylic acid groups (broad SMARTS) is 1. The third-order valence-electron chi connectivity index (χ3n) is 1.19. The Morgan fingerprint density at radius 2 is 2.50 bits per heavy atom. The molecule has 0 spiro atoms. The molecule has 0 aliphatic carbocycles. The first kappa shape index (κ1) is 12.5. The Kier molecular flexibility index (Phi) is 6.28. The van der Waals surface area contributed by atoms with E-state index < -0.39 is 12.0 Å². The average Bonchev–Trinajstić information content (AvgIpc) is 2.39. The van der Waals surface area contributed by atoms with E-state index in [1.54, 1.807) is 10.9 Å². The van der Waals surface area contributed by atoms with Gasteiger partial charge in [0.2, 0.25) is 0 Å². The summed E-state index contributed by atoms with van der Waals surface area (Å²) in [5.74, 6) is -1.10. The van der Waals surface area contributed by atoms with E-state index in [-0.39, 0.29) is 50.5 Å². The molecule has 63 valence electrons. The van der Waals surface area contributed by atoms with Gasteiger partial charge in [-0.1, -0.05) is 0 Å². The fourth-order valence-corrected chi connectivity index (χ4v) is 1.21. The van der Waals surface area contributed by atoms with Gasteiger partial charge in [-0.25, -0.2) is 4.98 Å². The van der Waals surface area contributed by atoms with E-state index >= 15 is 0 Å². The maximum atomic E-state index is 10.2. The van der Waals surface area contributed by atoms with Gasteiger partial charge in [-0.3, -0.25) is 4.79 Å². The number of thiazole rings is 1. The monoisotopic (exact) mass is 398 g/mol. The van der Waals surface area contributed by atoms with Crippen molar-refractivity contribution < 1.29 is 54.0 Å². The second-order valence-electron chi connectivity index (χ2n) is 2.07. The molecule has 1 aromatic rings. The smallest absolute Gasteiger partial charge is 0.285 e. The summed E-state index contributed by atoms with van der Waals surface area (Å²) in [6.07, 6.45) is 0.193. The molecule has 1 rings (SSSR count). The van der Waals surface area contributed by atoms with Gasteiger partial charge in [0.15, 0.2) is 0 Å². The van der Waals surface area contributed by atoms with Gasteiger partial charge >= 0.3 is 0 Å². The van der Waals surface area contributed by atoms with Crippen molar-refractivity contribution in [3.05, 3.63) is 22.3 Å². The van der Waals surface area contributed by atoms with Crippen LogP contribution in [0.4, 0.5) is 0 Å². The second kappa shape index (κ2) is 6.03. The number of aliphatic carboxylic acids is 1. The molecule has 0 unspecified atom stereocenters. The quantitative estimate of drug-likeness (QED) is 0.832. The van der Waals surface area contributed by atoms with Gasteiger partial charge in [-0.05, 0) is 12.5 Å². The molecule has 1 aromatic heterocycles. The van der Waals surface area contributed by atoms with E-state index in [2.05, 4.69) is 4.98 Å². The maximum Gasteiger partial charge on any atom is 0.285 e. The zero-order valence-corrected chi connectivity index (χ0v) is 11.8. The molecule has 0 amide bonds. The number of hydrogen-bond acceptors (Lipinski definition) is 3. The van der Waals surface area contributed by atoms with Crippen molar-refractivity contribution in [3.63, 3.8) is 0 Å². The van der Waals surface area contributed by atoms with Crippen LogP contribution < -0.4 is 0 Å². The Balaban J connectivity index is 0.00000121. The Morgan fingerprint density at radius 3 is 2.92 bits per heavy atom. The Hall–Kier alpha value is 0.502. The van der Waals surface area contributed by atoms with Crippen LogP contribution in [0.2, 0.25) is 0 Å². The van der Waals surface area contributed by atoms with Crippen LogP contribution in [0, 0.1) is 44.1 Å². The van der Waals surface area contributed by atoms with Gasteiger partial charge in [-0.15, -0.1) is 11.3 Å². The molecule has 1 atom stereocenters. The number of aromatic nitrogens is 1. The summed E-state index contributed by atoms with van der Waals surface area (Å²) in [7, 11) is 0. The molecular formula is C6H7AcN2O2S-. The number of carbonyl (C=O) groups is 1. The minimum Gasteiger partial charge on any atom is -0.665 e. The molecule has 0 saturated heterocycles. The Bertz CT molecular complexity index is 240. The van der Waals surface area contributed by atoms with E-state index in [0.717, 1.165) is 0 Å². The fourth-order valence-electron chi connectivity index (χ4n) is 0.635. The topological polar surface area (TPSA) is 74.0 Å². The molecule has 0 aliphatic rings. The van der Waals surface area contributed by atoms with Gasteiger partial charge in [0.1, 0.15) is 0 Å². The first-order valence-electron chi connectivity index (χ1n) is 3.01. The van der Waals surface area contributed by atoms with Gasteiger partial charge in [-0.2, -0.15) is 0 Å². The van der Waals surface area contributed by atoms with Crippen LogP contribution in [0.1, 0.15) is 5.69 Å². The summed E-state index contributed by atoms with van der Waals surface area (Å²) < 4.78 is 0. The van der Waals surface area contributed by atoms with Crippen LogP contribution in [-0.2, 0) is 11.2 Å². The van der Waals surface area contributed by atoms with E-state index in [4.69, 9.17) is 10.8 Å². The van der Waals surface area contributed by atoms with Crippen molar-refractivity contribution in [1.29, 1.82) is 0 Å². The normalized spacial score (nSPS) is 11.8. The van der Waals surface area contributed by atoms with E-state index in [1.165, 1.54) is 11.3 Å². The van der Waals surface area contributed by atoms with Crippen molar-refractivity contribution in [3.8, 4) is 0 Å². The van der Waals surface area contributed by atoms with Crippen molar-refractivity contribution >= 4 is 17.3 Å². The van der Waals surface area contributed by atoms with Gasteiger partial charge in [0, 0.05) is 49.4 Å². The van der Waals surface area contributed by atoms with Gasteiger partial charge < -0.3 is 10.8 Å². The molecule has 0 saturated carbocycles. The standard InChI is InChI=1S/C6H7N2O2S.Ac/c7-5(6(9)10)1-4-2-11-3-8-4;/h2-3,5,7H,1H2,(H,9,10);/q-1;/t5-;/m1./s1. The SMILES string of the molecule is [Ac].[NH-][C@H](Cc1cscn1)C(=O)O. The molecular weight excluding hydrogens is 391 g/mol. The molecule has 1 heterocycles. The van der Waals surface area contributed by atoms with Crippen LogP contribution in [0.5, 0.6) is 0 Å². The predicted octanol–water partition coefficient (Wildman–Crippen LogP) is 1.19. The molecule has 0 bridgehead atoms. The molecule has 6 heteroatoms. The van der Waals surface area contributed by atoms with E-state index in [0.29, 0.717) is 5.69 Å².